The van der Waals surface area contributed by atoms with Crippen LogP contribution in [0.3, 0.4) is 0 Å². The Morgan fingerprint density at radius 2 is 2.15 bits per heavy atom. The van der Waals surface area contributed by atoms with Crippen LogP contribution in [0.15, 0.2) is 18.5 Å². The normalized spacial score (nSPS) is 14.2. The van der Waals surface area contributed by atoms with Crippen molar-refractivity contribution < 1.29 is 0 Å². The molecule has 2 heterocycles. The van der Waals surface area contributed by atoms with Gasteiger partial charge in [0.05, 0.1) is 6.20 Å². The number of aryl methyl sites for hydroxylation is 1. The number of aromatic nitrogens is 5. The van der Waals surface area contributed by atoms with Gasteiger partial charge >= 0.3 is 0 Å². The molecule has 0 unspecified atom stereocenters. The van der Waals surface area contributed by atoms with E-state index in [-0.39, 0.29) is 0 Å². The number of hydrogen-bond acceptors (Lipinski definition) is 6. The quantitative estimate of drug-likeness (QED) is 0.744. The van der Waals surface area contributed by atoms with Gasteiger partial charge in [0, 0.05) is 38.3 Å². The van der Waals surface area contributed by atoms with Crippen LogP contribution < -0.4 is 10.6 Å². The molecule has 106 valence electrons. The minimum Gasteiger partial charge on any atom is -0.373 e. The smallest absolute Gasteiger partial charge is 0.136 e. The van der Waals surface area contributed by atoms with Gasteiger partial charge in [-0.25, -0.2) is 9.97 Å². The van der Waals surface area contributed by atoms with Gasteiger partial charge < -0.3 is 10.6 Å². The first-order valence-electron chi connectivity index (χ1n) is 7.00. The van der Waals surface area contributed by atoms with E-state index in [1.165, 1.54) is 12.8 Å². The molecule has 0 aromatic carbocycles. The van der Waals surface area contributed by atoms with E-state index in [0.29, 0.717) is 5.92 Å². The molecule has 3 rings (SSSR count). The Labute approximate surface area is 117 Å². The Morgan fingerprint density at radius 1 is 1.30 bits per heavy atom. The van der Waals surface area contributed by atoms with Crippen LogP contribution in [0.1, 0.15) is 31.0 Å². The molecule has 7 heteroatoms. The third kappa shape index (κ3) is 3.23. The summed E-state index contributed by atoms with van der Waals surface area (Å²) in [4.78, 5) is 9.08. The summed E-state index contributed by atoms with van der Waals surface area (Å²) >= 11 is 0. The Hall–Kier alpha value is -2.18. The minimum atomic E-state index is 0.555. The molecule has 0 radical (unpaired) electrons. The highest BCUT2D eigenvalue weighted by Crippen LogP contribution is 2.38. The van der Waals surface area contributed by atoms with E-state index in [0.717, 1.165) is 37.0 Å². The maximum absolute atomic E-state index is 4.58. The van der Waals surface area contributed by atoms with Crippen LogP contribution in [0.2, 0.25) is 0 Å². The van der Waals surface area contributed by atoms with Gasteiger partial charge in [0.15, 0.2) is 0 Å². The van der Waals surface area contributed by atoms with Crippen molar-refractivity contribution in [2.75, 3.05) is 24.2 Å². The summed E-state index contributed by atoms with van der Waals surface area (Å²) < 4.78 is 1.83. The molecule has 0 bridgehead atoms. The molecular formula is C13H19N7. The average molecular weight is 273 g/mol. The Morgan fingerprint density at radius 3 is 2.85 bits per heavy atom. The van der Waals surface area contributed by atoms with Crippen molar-refractivity contribution in [1.82, 2.24) is 25.0 Å². The lowest BCUT2D eigenvalue weighted by Crippen LogP contribution is -2.10. The Balaban J connectivity index is 1.54. The molecule has 1 fully saturated rings. The van der Waals surface area contributed by atoms with Crippen molar-refractivity contribution >= 4 is 11.6 Å². The number of nitrogens with one attached hydrogen (secondary N) is 2. The zero-order valence-corrected chi connectivity index (χ0v) is 11.6. The lowest BCUT2D eigenvalue weighted by Gasteiger charge is -2.09. The van der Waals surface area contributed by atoms with E-state index in [2.05, 4.69) is 30.9 Å². The second-order valence-corrected chi connectivity index (χ2v) is 4.97. The molecule has 2 aromatic heterocycles. The summed E-state index contributed by atoms with van der Waals surface area (Å²) in [6.45, 7) is 1.70. The molecule has 1 saturated carbocycles. The summed E-state index contributed by atoms with van der Waals surface area (Å²) in [5, 5.41) is 14.2. The second-order valence-electron chi connectivity index (χ2n) is 4.97. The Bertz CT molecular complexity index is 548. The third-order valence-corrected chi connectivity index (χ3v) is 3.28. The van der Waals surface area contributed by atoms with E-state index in [9.17, 15) is 0 Å². The van der Waals surface area contributed by atoms with Gasteiger partial charge in [-0.3, -0.25) is 4.68 Å². The van der Waals surface area contributed by atoms with Crippen molar-refractivity contribution in [1.29, 1.82) is 0 Å². The maximum atomic E-state index is 4.58. The second kappa shape index (κ2) is 5.85. The van der Waals surface area contributed by atoms with Crippen LogP contribution in [0.4, 0.5) is 11.6 Å². The molecule has 0 spiro atoms. The summed E-state index contributed by atoms with van der Waals surface area (Å²) in [5.41, 5.74) is 0. The first-order valence-corrected chi connectivity index (χ1v) is 7.00. The first-order chi connectivity index (χ1) is 9.85. The molecule has 2 aromatic rings. The van der Waals surface area contributed by atoms with Crippen LogP contribution in [-0.2, 0) is 6.54 Å². The fourth-order valence-electron chi connectivity index (χ4n) is 2.02. The molecule has 0 atom stereocenters. The summed E-state index contributed by atoms with van der Waals surface area (Å²) in [6, 6.07) is 1.95. The number of anilines is 2. The van der Waals surface area contributed by atoms with E-state index < -0.39 is 0 Å². The van der Waals surface area contributed by atoms with Crippen molar-refractivity contribution in [2.24, 2.45) is 0 Å². The van der Waals surface area contributed by atoms with Crippen molar-refractivity contribution in [3.05, 3.63) is 24.3 Å². The van der Waals surface area contributed by atoms with Gasteiger partial charge in [0.1, 0.15) is 17.5 Å². The van der Waals surface area contributed by atoms with Crippen LogP contribution in [0, 0.1) is 0 Å². The van der Waals surface area contributed by atoms with Gasteiger partial charge in [-0.2, -0.15) is 0 Å². The lowest BCUT2D eigenvalue weighted by atomic mass is 10.3. The SMILES string of the molecule is CNc1cc(NCCCn2ccnn2)nc(C2CC2)n1. The van der Waals surface area contributed by atoms with Gasteiger partial charge in [-0.1, -0.05) is 5.21 Å². The zero-order valence-electron chi connectivity index (χ0n) is 11.6. The van der Waals surface area contributed by atoms with Crippen molar-refractivity contribution in [3.8, 4) is 0 Å². The number of rotatable bonds is 7. The van der Waals surface area contributed by atoms with E-state index >= 15 is 0 Å². The van der Waals surface area contributed by atoms with Crippen molar-refractivity contribution in [2.45, 2.75) is 31.7 Å². The monoisotopic (exact) mass is 273 g/mol. The van der Waals surface area contributed by atoms with Crippen LogP contribution in [0.5, 0.6) is 0 Å². The van der Waals surface area contributed by atoms with Crippen molar-refractivity contribution in [3.63, 3.8) is 0 Å². The molecule has 0 saturated heterocycles. The molecule has 1 aliphatic rings. The minimum absolute atomic E-state index is 0.555. The highest BCUT2D eigenvalue weighted by Gasteiger charge is 2.27. The average Bonchev–Trinajstić information content (AvgIpc) is 3.21. The predicted molar refractivity (Wildman–Crippen MR) is 76.7 cm³/mol. The van der Waals surface area contributed by atoms with Gasteiger partial charge in [-0.15, -0.1) is 5.10 Å². The number of hydrogen-bond donors (Lipinski definition) is 2. The Kier molecular flexibility index (Phi) is 3.76. The largest absolute Gasteiger partial charge is 0.373 e. The molecule has 0 aliphatic heterocycles. The first kappa shape index (κ1) is 12.8. The standard InChI is InChI=1S/C13H19N7/c1-14-11-9-12(18-13(17-11)10-3-4-10)15-5-2-7-20-8-6-16-19-20/h6,8-10H,2-5,7H2,1H3,(H2,14,15,17,18). The summed E-state index contributed by atoms with van der Waals surface area (Å²) in [6.07, 6.45) is 6.95. The number of nitrogens with zero attached hydrogens (tertiary/aromatic N) is 5. The molecule has 7 nitrogen and oxygen atoms in total. The zero-order chi connectivity index (χ0) is 13.8. The van der Waals surface area contributed by atoms with E-state index in [4.69, 9.17) is 0 Å². The van der Waals surface area contributed by atoms with Gasteiger partial charge in [-0.05, 0) is 19.3 Å². The molecular weight excluding hydrogens is 254 g/mol. The predicted octanol–water partition coefficient (Wildman–Crippen LogP) is 1.49. The fourth-order valence-corrected chi connectivity index (χ4v) is 2.02. The molecule has 2 N–H and O–H groups in total. The highest BCUT2D eigenvalue weighted by molar-refractivity contribution is 5.47. The molecule has 0 amide bonds. The molecule has 1 aliphatic carbocycles. The highest BCUT2D eigenvalue weighted by atomic mass is 15.4. The lowest BCUT2D eigenvalue weighted by molar-refractivity contribution is 0.569. The maximum Gasteiger partial charge on any atom is 0.136 e. The van der Waals surface area contributed by atoms with Gasteiger partial charge in [0.2, 0.25) is 0 Å². The van der Waals surface area contributed by atoms with Crippen LogP contribution in [0.25, 0.3) is 0 Å². The van der Waals surface area contributed by atoms with Gasteiger partial charge in [0.25, 0.3) is 0 Å². The third-order valence-electron chi connectivity index (χ3n) is 3.28. The fraction of sp³-hybridized carbons (Fsp3) is 0.538. The van der Waals surface area contributed by atoms with Crippen LogP contribution in [-0.4, -0.2) is 38.6 Å². The summed E-state index contributed by atoms with van der Waals surface area (Å²) in [5.74, 6) is 3.28. The summed E-state index contributed by atoms with van der Waals surface area (Å²) in [7, 11) is 1.88. The van der Waals surface area contributed by atoms with E-state index in [1.807, 2.05) is 24.0 Å². The topological polar surface area (TPSA) is 80.5 Å². The van der Waals surface area contributed by atoms with Crippen LogP contribution >= 0.6 is 0 Å². The van der Waals surface area contributed by atoms with E-state index in [1.54, 1.807) is 6.20 Å². The molecule has 20 heavy (non-hydrogen) atoms.